The van der Waals surface area contributed by atoms with Gasteiger partial charge in [-0.05, 0) is 159 Å². The van der Waals surface area contributed by atoms with Crippen molar-refractivity contribution in [3.05, 3.63) is 70.3 Å². The van der Waals surface area contributed by atoms with Gasteiger partial charge >= 0.3 is 0 Å². The van der Waals surface area contributed by atoms with E-state index in [2.05, 4.69) is 72.0 Å². The first-order valence-corrected chi connectivity index (χ1v) is 22.4. The van der Waals surface area contributed by atoms with Crippen molar-refractivity contribution >= 4 is 17.3 Å². The molecule has 0 amide bonds. The van der Waals surface area contributed by atoms with E-state index in [4.69, 9.17) is 10.5 Å². The van der Waals surface area contributed by atoms with Crippen molar-refractivity contribution in [2.24, 2.45) is 45.3 Å². The molecule has 12 atom stereocenters. The zero-order chi connectivity index (χ0) is 40.9. The maximum absolute atomic E-state index is 14.6. The third-order valence-electron chi connectivity index (χ3n) is 17.7. The summed E-state index contributed by atoms with van der Waals surface area (Å²) < 4.78 is 6.54. The lowest BCUT2D eigenvalue weighted by Crippen LogP contribution is -2.63. The number of benzene rings is 2. The Labute approximate surface area is 342 Å². The second-order valence-corrected chi connectivity index (χ2v) is 21.1. The van der Waals surface area contributed by atoms with Gasteiger partial charge in [-0.15, -0.1) is 0 Å². The quantitative estimate of drug-likeness (QED) is 0.132. The van der Waals surface area contributed by atoms with Gasteiger partial charge in [0.05, 0.1) is 11.7 Å². The molecule has 1 aliphatic heterocycles. The number of rotatable bonds is 11. The van der Waals surface area contributed by atoms with Gasteiger partial charge in [-0.1, -0.05) is 78.2 Å². The summed E-state index contributed by atoms with van der Waals surface area (Å²) in [5.74, 6) is 1.83. The molecule has 57 heavy (non-hydrogen) atoms. The minimum atomic E-state index is -0.632. The van der Waals surface area contributed by atoms with Gasteiger partial charge in [0.1, 0.15) is 17.6 Å². The number of ketones is 2. The lowest BCUT2D eigenvalue weighted by Gasteiger charge is -2.68. The molecule has 0 aromatic heterocycles. The lowest BCUT2D eigenvalue weighted by atomic mass is 9.35. The van der Waals surface area contributed by atoms with Gasteiger partial charge in [-0.25, -0.2) is 0 Å². The van der Waals surface area contributed by atoms with E-state index in [9.17, 15) is 19.8 Å². The molecule has 7 nitrogen and oxygen atoms in total. The minimum absolute atomic E-state index is 0.0105. The molecule has 1 saturated heterocycles. The van der Waals surface area contributed by atoms with Gasteiger partial charge in [-0.3, -0.25) is 9.59 Å². The number of carbonyl (C=O) groups excluding carboxylic acids is 2. The Morgan fingerprint density at radius 1 is 0.965 bits per heavy atom. The van der Waals surface area contributed by atoms with Crippen LogP contribution in [0.25, 0.3) is 0 Å². The second kappa shape index (κ2) is 14.3. The number of hydrogen-bond acceptors (Lipinski definition) is 7. The Hall–Kier alpha value is -3.00. The first-order chi connectivity index (χ1) is 26.9. The SMILES string of the molecule is CCC[C@H](C[C@@H](O)[C@@H]1O[C@]1(C)[C@H]1CCC[C@H]1c1cccc(N)c1)C1=C2CC[C@H]3[C@]4(C)C[C@@H](c5cc(O)cc(CNC)c5)C(=O)C(C)(C)[C@H]4CC[C@]3(C)[C@@]2(C)CC1=O. The van der Waals surface area contributed by atoms with Crippen LogP contribution in [-0.4, -0.2) is 46.6 Å². The van der Waals surface area contributed by atoms with Crippen LogP contribution in [0, 0.1) is 45.3 Å². The number of aromatic hydroxyl groups is 1. The van der Waals surface area contributed by atoms with Crippen molar-refractivity contribution in [1.29, 1.82) is 0 Å². The largest absolute Gasteiger partial charge is 0.508 e. The highest BCUT2D eigenvalue weighted by molar-refractivity contribution is 6.00. The summed E-state index contributed by atoms with van der Waals surface area (Å²) in [5.41, 5.74) is 11.2. The molecule has 0 radical (unpaired) electrons. The smallest absolute Gasteiger partial charge is 0.160 e. The number of phenolic OH excluding ortho intramolecular Hbond substituents is 1. The van der Waals surface area contributed by atoms with Crippen LogP contribution < -0.4 is 11.1 Å². The third kappa shape index (κ3) is 6.29. The van der Waals surface area contributed by atoms with Gasteiger partial charge in [0.25, 0.3) is 0 Å². The number of aliphatic hydroxyl groups is 1. The van der Waals surface area contributed by atoms with E-state index in [1.54, 1.807) is 6.07 Å². The predicted octanol–water partition coefficient (Wildman–Crippen LogP) is 9.79. The lowest BCUT2D eigenvalue weighted by molar-refractivity contribution is -0.183. The molecule has 2 aromatic rings. The first-order valence-electron chi connectivity index (χ1n) is 22.4. The molecule has 2 aromatic carbocycles. The Kier molecular flexibility index (Phi) is 10.2. The van der Waals surface area contributed by atoms with Crippen molar-refractivity contribution in [2.45, 2.75) is 162 Å². The van der Waals surface area contributed by atoms with E-state index in [0.29, 0.717) is 42.9 Å². The fraction of sp³-hybridized carbons (Fsp3) is 0.680. The number of nitrogen functional groups attached to an aromatic ring is 1. The van der Waals surface area contributed by atoms with E-state index in [-0.39, 0.29) is 57.2 Å². The van der Waals surface area contributed by atoms with Crippen molar-refractivity contribution < 1.29 is 24.5 Å². The van der Waals surface area contributed by atoms with Crippen LogP contribution in [0.3, 0.4) is 0 Å². The molecule has 0 bridgehead atoms. The molecular formula is C50H70N2O5. The van der Waals surface area contributed by atoms with Crippen molar-refractivity contribution in [3.8, 4) is 5.75 Å². The van der Waals surface area contributed by atoms with Crippen LogP contribution in [0.1, 0.15) is 154 Å². The van der Waals surface area contributed by atoms with Crippen LogP contribution in [0.2, 0.25) is 0 Å². The van der Waals surface area contributed by atoms with E-state index in [0.717, 1.165) is 86.6 Å². The van der Waals surface area contributed by atoms with Crippen LogP contribution in [0.15, 0.2) is 53.6 Å². The van der Waals surface area contributed by atoms with Crippen molar-refractivity contribution in [3.63, 3.8) is 0 Å². The van der Waals surface area contributed by atoms with Gasteiger partial charge in [0.2, 0.25) is 0 Å². The number of epoxide rings is 1. The number of nitrogens with two attached hydrogens (primary N) is 1. The van der Waals surface area contributed by atoms with Crippen LogP contribution in [-0.2, 0) is 20.9 Å². The summed E-state index contributed by atoms with van der Waals surface area (Å²) in [6, 6.07) is 14.0. The van der Waals surface area contributed by atoms with E-state index in [1.807, 2.05) is 25.2 Å². The molecule has 5 N–H and O–H groups in total. The standard InChI is InChI=1S/C50H70N2O5/c1-9-12-31(25-39(54)45-50(7,57-45)37-16-11-15-35(37)30-13-10-14-33(51)23-30)43-38-17-18-42-47(4)26-36(32-21-29(28-52-8)22-34(53)24-32)44(56)46(2,3)41(47)19-20-48(42,5)49(38,6)27-40(43)55/h10,13-14,21-24,31,35-37,39,41-42,45,52-54H,9,11-12,15-20,25-28,51H2,1-8H3/t31-,35+,36+,37+,39-,41-,42+,45+,47-,48+,49+,50-/m1/s1. The number of phenols is 1. The molecule has 4 saturated carbocycles. The average molecular weight is 779 g/mol. The first kappa shape index (κ1) is 40.8. The van der Waals surface area contributed by atoms with Crippen molar-refractivity contribution in [1.82, 2.24) is 5.32 Å². The second-order valence-electron chi connectivity index (χ2n) is 21.1. The van der Waals surface area contributed by atoms with Gasteiger partial charge in [0.15, 0.2) is 5.78 Å². The number of nitrogens with one attached hydrogen (secondary N) is 1. The number of Topliss-reactive ketones (excluding diaryl/α,β-unsaturated/α-hetero) is 2. The van der Waals surface area contributed by atoms with E-state index >= 15 is 0 Å². The number of allylic oxidation sites excluding steroid dienone is 2. The highest BCUT2D eigenvalue weighted by atomic mass is 16.6. The zero-order valence-corrected chi connectivity index (χ0v) is 36.0. The minimum Gasteiger partial charge on any atom is -0.508 e. The zero-order valence-electron chi connectivity index (χ0n) is 36.0. The molecule has 0 unspecified atom stereocenters. The monoisotopic (exact) mass is 779 g/mol. The maximum atomic E-state index is 14.6. The van der Waals surface area contributed by atoms with Crippen molar-refractivity contribution in [2.75, 3.05) is 12.8 Å². The topological polar surface area (TPSA) is 125 Å². The Bertz CT molecular complexity index is 1950. The van der Waals surface area contributed by atoms with Gasteiger partial charge in [0, 0.05) is 35.4 Å². The number of fused-ring (bicyclic) bond motifs is 5. The summed E-state index contributed by atoms with van der Waals surface area (Å²) in [6.07, 6.45) is 10.1. The Balaban J connectivity index is 1.07. The number of hydrogen-bond donors (Lipinski definition) is 4. The number of anilines is 1. The van der Waals surface area contributed by atoms with E-state index in [1.165, 1.54) is 11.1 Å². The normalized spacial score (nSPS) is 39.4. The van der Waals surface area contributed by atoms with Crippen LogP contribution in [0.5, 0.6) is 5.75 Å². The summed E-state index contributed by atoms with van der Waals surface area (Å²) >= 11 is 0. The highest BCUT2D eigenvalue weighted by Crippen LogP contribution is 2.75. The fourth-order valence-electron chi connectivity index (χ4n) is 15.0. The summed E-state index contributed by atoms with van der Waals surface area (Å²) in [6.45, 7) is 16.7. The summed E-state index contributed by atoms with van der Waals surface area (Å²) in [4.78, 5) is 29.1. The predicted molar refractivity (Wildman–Crippen MR) is 227 cm³/mol. The number of ether oxygens (including phenoxy) is 1. The Morgan fingerprint density at radius 3 is 2.46 bits per heavy atom. The molecule has 310 valence electrons. The number of carbonyl (C=O) groups is 2. The average Bonchev–Trinajstić information content (AvgIpc) is 3.45. The molecule has 7 heteroatoms. The molecular weight excluding hydrogens is 709 g/mol. The molecule has 1 heterocycles. The molecule has 6 aliphatic rings. The Morgan fingerprint density at radius 2 is 1.74 bits per heavy atom. The molecule has 0 spiro atoms. The third-order valence-corrected chi connectivity index (χ3v) is 17.7. The summed E-state index contributed by atoms with van der Waals surface area (Å²) in [5, 5.41) is 26.0. The van der Waals surface area contributed by atoms with Gasteiger partial charge < -0.3 is 26.0 Å². The molecule has 5 fully saturated rings. The molecule has 8 rings (SSSR count). The van der Waals surface area contributed by atoms with E-state index < -0.39 is 11.5 Å². The van der Waals surface area contributed by atoms with Crippen LogP contribution in [0.4, 0.5) is 5.69 Å². The molecule has 5 aliphatic carbocycles. The van der Waals surface area contributed by atoms with Crippen LogP contribution >= 0.6 is 0 Å². The fourth-order valence-corrected chi connectivity index (χ4v) is 15.0. The summed E-state index contributed by atoms with van der Waals surface area (Å²) in [7, 11) is 1.90. The van der Waals surface area contributed by atoms with Gasteiger partial charge in [-0.2, -0.15) is 0 Å². The maximum Gasteiger partial charge on any atom is 0.160 e. The highest BCUT2D eigenvalue weighted by Gasteiger charge is 2.69. The number of aliphatic hydroxyl groups excluding tert-OH is 1.